The topological polar surface area (TPSA) is 48.5 Å². The molecule has 0 aliphatic heterocycles. The molecule has 5 nitrogen and oxygen atoms in total. The van der Waals surface area contributed by atoms with E-state index in [0.29, 0.717) is 11.8 Å². The summed E-state index contributed by atoms with van der Waals surface area (Å²) >= 11 is 0. The number of nitrogens with zero attached hydrogens (tertiary/aromatic N) is 5. The summed E-state index contributed by atoms with van der Waals surface area (Å²) in [5, 5.41) is 4.66. The standard InChI is InChI=1S/C52H35N5/c1-5-13-43-36(9-1)37-10-2-6-14-44(37)52(43)45-15-7-3-12-39(45)50-46(52)29-40-38-11-4-8-16-47(38)57(51(40)55-50)35-23-19-33(20-24-35)32-17-21-34(22-18-32)56-48-25-27-53-30-41(48)42-31-54-28-26-49(42)56/h1-2,4-11,13-31,39,45H,3,12H2. The van der Waals surface area contributed by atoms with Crippen LogP contribution in [0, 0.1) is 5.92 Å². The van der Waals surface area contributed by atoms with Gasteiger partial charge in [0, 0.05) is 69.5 Å². The van der Waals surface area contributed by atoms with Crippen LogP contribution in [0.2, 0.25) is 0 Å². The zero-order valence-corrected chi connectivity index (χ0v) is 31.0. The van der Waals surface area contributed by atoms with Crippen molar-refractivity contribution >= 4 is 43.7 Å². The number of allylic oxidation sites excluding steroid dienone is 2. The van der Waals surface area contributed by atoms with Crippen molar-refractivity contribution in [1.82, 2.24) is 24.1 Å². The number of fused-ring (bicyclic) bond motifs is 16. The molecular formula is C52H35N5. The van der Waals surface area contributed by atoms with Crippen LogP contribution in [-0.4, -0.2) is 24.1 Å². The van der Waals surface area contributed by atoms with Gasteiger partial charge >= 0.3 is 0 Å². The molecule has 2 atom stereocenters. The average Bonchev–Trinajstić information content (AvgIpc) is 3.98. The second-order valence-electron chi connectivity index (χ2n) is 15.9. The molecular weight excluding hydrogens is 695 g/mol. The molecule has 0 bridgehead atoms. The minimum absolute atomic E-state index is 0.262. The third-order valence-corrected chi connectivity index (χ3v) is 13.3. The summed E-state index contributed by atoms with van der Waals surface area (Å²) in [5.74, 6) is 0.667. The highest BCUT2D eigenvalue weighted by molar-refractivity contribution is 6.09. The van der Waals surface area contributed by atoms with Gasteiger partial charge in [0.15, 0.2) is 0 Å². The normalized spacial score (nSPS) is 17.4. The molecule has 5 aromatic heterocycles. The molecule has 3 aliphatic carbocycles. The minimum atomic E-state index is -0.262. The summed E-state index contributed by atoms with van der Waals surface area (Å²) in [7, 11) is 0. The lowest BCUT2D eigenvalue weighted by molar-refractivity contribution is 0.396. The van der Waals surface area contributed by atoms with Gasteiger partial charge in [-0.15, -0.1) is 0 Å². The first kappa shape index (κ1) is 31.1. The molecule has 268 valence electrons. The van der Waals surface area contributed by atoms with Crippen molar-refractivity contribution in [2.75, 3.05) is 0 Å². The summed E-state index contributed by atoms with van der Waals surface area (Å²) in [6.45, 7) is 0. The molecule has 0 N–H and O–H groups in total. The SMILES string of the molecule is C1=CC2C(CC1)c1nc3c(cc1C21c2ccccc2-c2ccccc21)c1ccccc1n3-c1ccc(-c2ccc(-n3c4ccncc4c4cnccc43)cc2)cc1. The van der Waals surface area contributed by atoms with Crippen LogP contribution in [0.5, 0.6) is 0 Å². The summed E-state index contributed by atoms with van der Waals surface area (Å²) in [4.78, 5) is 14.6. The Morgan fingerprint density at radius 3 is 1.77 bits per heavy atom. The Morgan fingerprint density at radius 1 is 0.526 bits per heavy atom. The third-order valence-electron chi connectivity index (χ3n) is 13.3. The van der Waals surface area contributed by atoms with E-state index in [-0.39, 0.29) is 5.41 Å². The highest BCUT2D eigenvalue weighted by Crippen LogP contribution is 2.66. The molecule has 10 aromatic rings. The van der Waals surface area contributed by atoms with Gasteiger partial charge in [0.2, 0.25) is 0 Å². The van der Waals surface area contributed by atoms with E-state index < -0.39 is 0 Å². The monoisotopic (exact) mass is 729 g/mol. The van der Waals surface area contributed by atoms with Crippen LogP contribution >= 0.6 is 0 Å². The second-order valence-corrected chi connectivity index (χ2v) is 15.9. The predicted octanol–water partition coefficient (Wildman–Crippen LogP) is 12.1. The van der Waals surface area contributed by atoms with Crippen molar-refractivity contribution in [3.05, 3.63) is 199 Å². The fourth-order valence-corrected chi connectivity index (χ4v) is 11.0. The van der Waals surface area contributed by atoms with Gasteiger partial charge in [-0.05, 0) is 100 Å². The molecule has 0 radical (unpaired) electrons. The van der Waals surface area contributed by atoms with Crippen LogP contribution in [0.4, 0.5) is 0 Å². The molecule has 57 heavy (non-hydrogen) atoms. The van der Waals surface area contributed by atoms with Crippen LogP contribution in [0.3, 0.4) is 0 Å². The van der Waals surface area contributed by atoms with E-state index in [0.717, 1.165) is 51.7 Å². The van der Waals surface area contributed by atoms with Crippen molar-refractivity contribution in [2.45, 2.75) is 24.2 Å². The van der Waals surface area contributed by atoms with Crippen LogP contribution in [0.25, 0.3) is 77.4 Å². The molecule has 13 rings (SSSR count). The number of rotatable bonds is 3. The van der Waals surface area contributed by atoms with Crippen LogP contribution in [0.1, 0.15) is 41.1 Å². The molecule has 0 saturated carbocycles. The molecule has 0 saturated heterocycles. The molecule has 2 unspecified atom stereocenters. The van der Waals surface area contributed by atoms with Crippen LogP contribution < -0.4 is 0 Å². The van der Waals surface area contributed by atoms with E-state index in [1.54, 1.807) is 0 Å². The maximum absolute atomic E-state index is 5.80. The first-order chi connectivity index (χ1) is 28.3. The summed E-state index contributed by atoms with van der Waals surface area (Å²) in [6.07, 6.45) is 14.7. The quantitative estimate of drug-likeness (QED) is 0.170. The number of hydrogen-bond donors (Lipinski definition) is 0. The first-order valence-corrected chi connectivity index (χ1v) is 20.0. The molecule has 0 amide bonds. The van der Waals surface area contributed by atoms with Gasteiger partial charge in [-0.25, -0.2) is 4.98 Å². The lowest BCUT2D eigenvalue weighted by Crippen LogP contribution is -2.33. The van der Waals surface area contributed by atoms with Crippen molar-refractivity contribution in [2.24, 2.45) is 5.92 Å². The Balaban J connectivity index is 0.948. The largest absolute Gasteiger partial charge is 0.309 e. The number of para-hydroxylation sites is 1. The Morgan fingerprint density at radius 2 is 1.11 bits per heavy atom. The van der Waals surface area contributed by atoms with E-state index in [9.17, 15) is 0 Å². The van der Waals surface area contributed by atoms with Gasteiger partial charge in [-0.1, -0.05) is 103 Å². The molecule has 1 spiro atoms. The van der Waals surface area contributed by atoms with E-state index in [1.165, 1.54) is 60.9 Å². The van der Waals surface area contributed by atoms with Crippen LogP contribution in [-0.2, 0) is 5.41 Å². The summed E-state index contributed by atoms with van der Waals surface area (Å²) in [6, 6.07) is 51.6. The smallest absolute Gasteiger partial charge is 0.145 e. The molecule has 0 fully saturated rings. The predicted molar refractivity (Wildman–Crippen MR) is 230 cm³/mol. The summed E-state index contributed by atoms with van der Waals surface area (Å²) in [5.41, 5.74) is 17.0. The Hall–Kier alpha value is -7.11. The van der Waals surface area contributed by atoms with E-state index in [1.807, 2.05) is 24.8 Å². The van der Waals surface area contributed by atoms with Gasteiger partial charge in [0.25, 0.3) is 0 Å². The third kappa shape index (κ3) is 4.05. The Kier molecular flexibility index (Phi) is 6.26. The lowest BCUT2D eigenvalue weighted by Gasteiger charge is -2.36. The van der Waals surface area contributed by atoms with E-state index >= 15 is 0 Å². The molecule has 5 heterocycles. The zero-order valence-electron chi connectivity index (χ0n) is 31.0. The molecule has 5 heteroatoms. The highest BCUT2D eigenvalue weighted by Gasteiger charge is 2.58. The van der Waals surface area contributed by atoms with Gasteiger partial charge in [0.1, 0.15) is 5.65 Å². The number of pyridine rings is 3. The Bertz CT molecular complexity index is 3210. The molecule has 5 aromatic carbocycles. The maximum Gasteiger partial charge on any atom is 0.145 e. The number of hydrogen-bond acceptors (Lipinski definition) is 3. The second kappa shape index (κ2) is 11.5. The van der Waals surface area contributed by atoms with Gasteiger partial charge in [-0.3, -0.25) is 14.5 Å². The van der Waals surface area contributed by atoms with Crippen molar-refractivity contribution in [3.8, 4) is 33.6 Å². The van der Waals surface area contributed by atoms with Crippen molar-refractivity contribution in [3.63, 3.8) is 0 Å². The van der Waals surface area contributed by atoms with E-state index in [4.69, 9.17) is 4.98 Å². The number of aromatic nitrogens is 5. The van der Waals surface area contributed by atoms with Crippen molar-refractivity contribution in [1.29, 1.82) is 0 Å². The van der Waals surface area contributed by atoms with E-state index in [2.05, 4.69) is 171 Å². The molecule has 3 aliphatic rings. The average molecular weight is 730 g/mol. The fourth-order valence-electron chi connectivity index (χ4n) is 11.0. The summed E-state index contributed by atoms with van der Waals surface area (Å²) < 4.78 is 4.68. The van der Waals surface area contributed by atoms with Gasteiger partial charge in [-0.2, -0.15) is 0 Å². The van der Waals surface area contributed by atoms with Gasteiger partial charge in [0.05, 0.1) is 27.7 Å². The minimum Gasteiger partial charge on any atom is -0.309 e. The highest BCUT2D eigenvalue weighted by atomic mass is 15.1. The van der Waals surface area contributed by atoms with Crippen LogP contribution in [0.15, 0.2) is 176 Å². The lowest BCUT2D eigenvalue weighted by atomic mass is 9.64. The maximum atomic E-state index is 5.80. The van der Waals surface area contributed by atoms with Gasteiger partial charge < -0.3 is 4.57 Å². The van der Waals surface area contributed by atoms with Crippen molar-refractivity contribution < 1.29 is 0 Å². The Labute approximate surface area is 329 Å². The number of benzene rings is 5. The zero-order chi connectivity index (χ0) is 37.2. The first-order valence-electron chi connectivity index (χ1n) is 20.0. The fraction of sp³-hybridized carbons (Fsp3) is 0.0962.